The SMILES string of the molecule is O=S(=O)(Cc1nccs1)c1ccc2c(c1)OCCN2c1ccc(F)cc1F. The van der Waals surface area contributed by atoms with Crippen LogP contribution in [0.25, 0.3) is 0 Å². The van der Waals surface area contributed by atoms with Crippen LogP contribution in [0.1, 0.15) is 5.01 Å². The lowest BCUT2D eigenvalue weighted by atomic mass is 10.2. The van der Waals surface area contributed by atoms with Crippen molar-refractivity contribution in [3.8, 4) is 5.75 Å². The highest BCUT2D eigenvalue weighted by atomic mass is 32.2. The lowest BCUT2D eigenvalue weighted by Gasteiger charge is -2.31. The maximum absolute atomic E-state index is 14.2. The Balaban J connectivity index is 1.70. The zero-order valence-corrected chi connectivity index (χ0v) is 15.6. The second kappa shape index (κ2) is 6.90. The van der Waals surface area contributed by atoms with Gasteiger partial charge in [0, 0.05) is 23.7 Å². The molecular weight excluding hydrogens is 394 g/mol. The minimum Gasteiger partial charge on any atom is -0.489 e. The summed E-state index contributed by atoms with van der Waals surface area (Å²) in [4.78, 5) is 5.76. The number of halogens is 2. The van der Waals surface area contributed by atoms with E-state index in [4.69, 9.17) is 4.74 Å². The van der Waals surface area contributed by atoms with Gasteiger partial charge >= 0.3 is 0 Å². The quantitative estimate of drug-likeness (QED) is 0.655. The second-order valence-electron chi connectivity index (χ2n) is 5.91. The van der Waals surface area contributed by atoms with Crippen molar-refractivity contribution in [2.45, 2.75) is 10.6 Å². The maximum Gasteiger partial charge on any atom is 0.185 e. The molecule has 2 aromatic carbocycles. The monoisotopic (exact) mass is 408 g/mol. The van der Waals surface area contributed by atoms with Crippen molar-refractivity contribution in [1.82, 2.24) is 4.98 Å². The van der Waals surface area contributed by atoms with E-state index < -0.39 is 21.5 Å². The predicted molar refractivity (Wildman–Crippen MR) is 98.3 cm³/mol. The molecule has 0 atom stereocenters. The number of aromatic nitrogens is 1. The van der Waals surface area contributed by atoms with Crippen LogP contribution >= 0.6 is 11.3 Å². The minimum absolute atomic E-state index is 0.109. The topological polar surface area (TPSA) is 59.5 Å². The molecule has 0 radical (unpaired) electrons. The maximum atomic E-state index is 14.2. The fourth-order valence-electron chi connectivity index (χ4n) is 2.91. The first kappa shape index (κ1) is 17.9. The molecular formula is C18H14F2N2O3S2. The first-order chi connectivity index (χ1) is 12.9. The van der Waals surface area contributed by atoms with Gasteiger partial charge in [-0.3, -0.25) is 0 Å². The molecule has 9 heteroatoms. The van der Waals surface area contributed by atoms with E-state index in [1.54, 1.807) is 22.5 Å². The first-order valence-corrected chi connectivity index (χ1v) is 10.6. The highest BCUT2D eigenvalue weighted by molar-refractivity contribution is 7.90. The Morgan fingerprint density at radius 2 is 1.96 bits per heavy atom. The number of anilines is 2. The molecule has 0 unspecified atom stereocenters. The molecule has 2 heterocycles. The molecule has 0 saturated carbocycles. The smallest absolute Gasteiger partial charge is 0.185 e. The van der Waals surface area contributed by atoms with Crippen molar-refractivity contribution in [2.75, 3.05) is 18.1 Å². The zero-order valence-electron chi connectivity index (χ0n) is 13.9. The Morgan fingerprint density at radius 3 is 2.70 bits per heavy atom. The van der Waals surface area contributed by atoms with Crippen LogP contribution in [0.2, 0.25) is 0 Å². The number of hydrogen-bond donors (Lipinski definition) is 0. The van der Waals surface area contributed by atoms with Crippen LogP contribution in [0.15, 0.2) is 52.9 Å². The van der Waals surface area contributed by atoms with Gasteiger partial charge in [-0.25, -0.2) is 22.2 Å². The van der Waals surface area contributed by atoms with E-state index in [2.05, 4.69) is 4.98 Å². The van der Waals surface area contributed by atoms with Crippen LogP contribution in [-0.2, 0) is 15.6 Å². The van der Waals surface area contributed by atoms with E-state index in [1.165, 1.54) is 35.6 Å². The van der Waals surface area contributed by atoms with Crippen LogP contribution in [0, 0.1) is 11.6 Å². The van der Waals surface area contributed by atoms with E-state index in [0.717, 1.165) is 6.07 Å². The van der Waals surface area contributed by atoms with Crippen LogP contribution in [0.4, 0.5) is 20.2 Å². The normalized spacial score (nSPS) is 13.9. The molecule has 0 aliphatic carbocycles. The molecule has 0 fully saturated rings. The first-order valence-electron chi connectivity index (χ1n) is 8.04. The third-order valence-corrected chi connectivity index (χ3v) is 6.74. The number of fused-ring (bicyclic) bond motifs is 1. The third kappa shape index (κ3) is 3.52. The highest BCUT2D eigenvalue weighted by Crippen LogP contribution is 2.39. The third-order valence-electron chi connectivity index (χ3n) is 4.15. The number of nitrogens with zero attached hydrogens (tertiary/aromatic N) is 2. The number of ether oxygens (including phenoxy) is 1. The van der Waals surface area contributed by atoms with Crippen LogP contribution in [0.5, 0.6) is 5.75 Å². The van der Waals surface area contributed by atoms with E-state index in [1.807, 2.05) is 0 Å². The van der Waals surface area contributed by atoms with Gasteiger partial charge in [-0.15, -0.1) is 11.3 Å². The van der Waals surface area contributed by atoms with Crippen molar-refractivity contribution in [1.29, 1.82) is 0 Å². The molecule has 1 aromatic heterocycles. The number of sulfone groups is 1. The van der Waals surface area contributed by atoms with Gasteiger partial charge in [-0.2, -0.15) is 0 Å². The summed E-state index contributed by atoms with van der Waals surface area (Å²) in [6, 6.07) is 7.83. The van der Waals surface area contributed by atoms with Gasteiger partial charge < -0.3 is 9.64 Å². The molecule has 0 amide bonds. The van der Waals surface area contributed by atoms with Crippen LogP contribution in [0.3, 0.4) is 0 Å². The summed E-state index contributed by atoms with van der Waals surface area (Å²) in [5.41, 5.74) is 0.735. The van der Waals surface area contributed by atoms with Gasteiger partial charge in [0.2, 0.25) is 0 Å². The Kier molecular flexibility index (Phi) is 4.56. The average molecular weight is 408 g/mol. The summed E-state index contributed by atoms with van der Waals surface area (Å²) in [6.07, 6.45) is 1.56. The van der Waals surface area contributed by atoms with Gasteiger partial charge in [-0.05, 0) is 24.3 Å². The van der Waals surface area contributed by atoms with Crippen LogP contribution < -0.4 is 9.64 Å². The molecule has 27 heavy (non-hydrogen) atoms. The van der Waals surface area contributed by atoms with Gasteiger partial charge in [0.1, 0.15) is 34.8 Å². The summed E-state index contributed by atoms with van der Waals surface area (Å²) >= 11 is 1.27. The number of hydrogen-bond acceptors (Lipinski definition) is 6. The minimum atomic E-state index is -3.59. The predicted octanol–water partition coefficient (Wildman–Crippen LogP) is 3.93. The number of benzene rings is 2. The molecule has 140 valence electrons. The van der Waals surface area contributed by atoms with Gasteiger partial charge in [-0.1, -0.05) is 0 Å². The van der Waals surface area contributed by atoms with Crippen molar-refractivity contribution >= 4 is 32.5 Å². The lowest BCUT2D eigenvalue weighted by Crippen LogP contribution is -2.29. The Bertz CT molecular complexity index is 1090. The van der Waals surface area contributed by atoms with Gasteiger partial charge in [0.25, 0.3) is 0 Å². The molecule has 0 saturated heterocycles. The van der Waals surface area contributed by atoms with Gasteiger partial charge in [0.05, 0.1) is 22.8 Å². The molecule has 5 nitrogen and oxygen atoms in total. The Labute approximate surface area is 158 Å². The van der Waals surface area contributed by atoms with E-state index in [-0.39, 0.29) is 22.9 Å². The second-order valence-corrected chi connectivity index (χ2v) is 8.88. The highest BCUT2D eigenvalue weighted by Gasteiger charge is 2.25. The molecule has 0 bridgehead atoms. The van der Waals surface area contributed by atoms with Crippen molar-refractivity contribution in [3.63, 3.8) is 0 Å². The fraction of sp³-hybridized carbons (Fsp3) is 0.167. The Hall–Kier alpha value is -2.52. The van der Waals surface area contributed by atoms with Crippen molar-refractivity contribution < 1.29 is 21.9 Å². The van der Waals surface area contributed by atoms with E-state index in [9.17, 15) is 17.2 Å². The molecule has 0 N–H and O–H groups in total. The summed E-state index contributed by atoms with van der Waals surface area (Å²) in [5, 5.41) is 2.22. The van der Waals surface area contributed by atoms with E-state index in [0.29, 0.717) is 23.0 Å². The standard InChI is InChI=1S/C18H14F2N2O3S2/c19-12-1-3-15(14(20)9-12)22-6-7-25-17-10-13(2-4-16(17)22)27(23,24)11-18-21-5-8-26-18/h1-5,8-10H,6-7,11H2. The number of thiazole rings is 1. The molecule has 1 aliphatic rings. The molecule has 1 aliphatic heterocycles. The lowest BCUT2D eigenvalue weighted by molar-refractivity contribution is 0.312. The van der Waals surface area contributed by atoms with Crippen molar-refractivity contribution in [3.05, 3.63) is 64.6 Å². The summed E-state index contributed by atoms with van der Waals surface area (Å²) < 4.78 is 58.2. The summed E-state index contributed by atoms with van der Waals surface area (Å²) in [7, 11) is -3.59. The summed E-state index contributed by atoms with van der Waals surface area (Å²) in [5.74, 6) is -1.21. The molecule has 4 rings (SSSR count). The van der Waals surface area contributed by atoms with E-state index >= 15 is 0 Å². The Morgan fingerprint density at radius 1 is 1.15 bits per heavy atom. The molecule has 3 aromatic rings. The number of rotatable bonds is 4. The molecule has 0 spiro atoms. The largest absolute Gasteiger partial charge is 0.489 e. The zero-order chi connectivity index (χ0) is 19.0. The van der Waals surface area contributed by atoms with Gasteiger partial charge in [0.15, 0.2) is 9.84 Å². The van der Waals surface area contributed by atoms with Crippen LogP contribution in [-0.4, -0.2) is 26.6 Å². The summed E-state index contributed by atoms with van der Waals surface area (Å²) in [6.45, 7) is 0.612. The average Bonchev–Trinajstić information content (AvgIpc) is 3.13. The fourth-order valence-corrected chi connectivity index (χ4v) is 5.18. The van der Waals surface area contributed by atoms with Crippen molar-refractivity contribution in [2.24, 2.45) is 0 Å².